The molecule has 1 aliphatic rings. The minimum Gasteiger partial charge on any atom is -0.497 e. The Morgan fingerprint density at radius 1 is 1.00 bits per heavy atom. The van der Waals surface area contributed by atoms with E-state index in [0.717, 1.165) is 18.5 Å². The molecule has 0 spiro atoms. The molecule has 0 saturated heterocycles. The van der Waals surface area contributed by atoms with Crippen molar-refractivity contribution in [2.45, 2.75) is 17.9 Å². The molecule has 2 aromatic carbocycles. The molecular weight excluding hydrogens is 430 g/mol. The second kappa shape index (κ2) is 10.9. The Kier molecular flexibility index (Phi) is 8.25. The number of sulfonamides is 1. The fourth-order valence-electron chi connectivity index (χ4n) is 3.77. The largest absolute Gasteiger partial charge is 0.497 e. The van der Waals surface area contributed by atoms with Crippen LogP contribution in [-0.4, -0.2) is 77.6 Å². The zero-order valence-electron chi connectivity index (χ0n) is 18.9. The van der Waals surface area contributed by atoms with Gasteiger partial charge in [0.05, 0.1) is 12.0 Å². The first-order chi connectivity index (χ1) is 15.4. The van der Waals surface area contributed by atoms with Crippen LogP contribution in [0.2, 0.25) is 0 Å². The Bertz CT molecular complexity index is 1030. The summed E-state index contributed by atoms with van der Waals surface area (Å²) in [5, 5.41) is 0. The monoisotopic (exact) mass is 461 g/mol. The van der Waals surface area contributed by atoms with Crippen LogP contribution in [0.5, 0.6) is 5.75 Å². The minimum atomic E-state index is -3.79. The summed E-state index contributed by atoms with van der Waals surface area (Å²) < 4.78 is 39.0. The van der Waals surface area contributed by atoms with Gasteiger partial charge in [-0.2, -0.15) is 4.31 Å². The molecule has 8 nitrogen and oxygen atoms in total. The maximum Gasteiger partial charge on any atom is 0.252 e. The van der Waals surface area contributed by atoms with Crippen molar-refractivity contribution >= 4 is 21.6 Å². The molecule has 0 aliphatic carbocycles. The van der Waals surface area contributed by atoms with Crippen molar-refractivity contribution in [1.29, 1.82) is 0 Å². The van der Waals surface area contributed by atoms with Gasteiger partial charge >= 0.3 is 0 Å². The molecule has 1 heterocycles. The minimum absolute atomic E-state index is 0.0317. The first-order valence-electron chi connectivity index (χ1n) is 10.6. The molecule has 2 aromatic rings. The lowest BCUT2D eigenvalue weighted by molar-refractivity contribution is -0.122. The molecular formula is C23H31N3O5S. The van der Waals surface area contributed by atoms with Gasteiger partial charge in [-0.05, 0) is 43.8 Å². The van der Waals surface area contributed by atoms with Gasteiger partial charge in [0, 0.05) is 45.0 Å². The number of amides is 1. The third-order valence-corrected chi connectivity index (χ3v) is 7.37. The maximum absolute atomic E-state index is 13.6. The van der Waals surface area contributed by atoms with E-state index in [9.17, 15) is 13.2 Å². The van der Waals surface area contributed by atoms with Gasteiger partial charge < -0.3 is 19.3 Å². The average molecular weight is 462 g/mol. The maximum atomic E-state index is 13.6. The molecule has 0 N–H and O–H groups in total. The number of carbonyl (C=O) groups excluding carboxylic acids is 1. The number of hydrogen-bond donors (Lipinski definition) is 0. The number of fused-ring (bicyclic) bond motifs is 1. The smallest absolute Gasteiger partial charge is 0.252 e. The number of hydrogen-bond acceptors (Lipinski definition) is 6. The van der Waals surface area contributed by atoms with Crippen LogP contribution < -0.4 is 9.64 Å². The van der Waals surface area contributed by atoms with Crippen molar-refractivity contribution in [2.24, 2.45) is 0 Å². The van der Waals surface area contributed by atoms with Gasteiger partial charge in [-0.1, -0.05) is 24.3 Å². The summed E-state index contributed by atoms with van der Waals surface area (Å²) >= 11 is 0. The number of benzene rings is 2. The van der Waals surface area contributed by atoms with E-state index in [4.69, 9.17) is 9.47 Å². The van der Waals surface area contributed by atoms with E-state index in [-0.39, 0.29) is 24.0 Å². The van der Waals surface area contributed by atoms with Crippen LogP contribution in [0.4, 0.5) is 5.69 Å². The van der Waals surface area contributed by atoms with Crippen LogP contribution in [0.25, 0.3) is 0 Å². The van der Waals surface area contributed by atoms with Crippen molar-refractivity contribution in [3.05, 3.63) is 54.1 Å². The summed E-state index contributed by atoms with van der Waals surface area (Å²) in [5.74, 6) is 0.335. The molecule has 0 unspecified atom stereocenters. The number of likely N-dealkylation sites (N-methyl/N-ethyl adjacent to an activating group) is 1. The lowest BCUT2D eigenvalue weighted by atomic mass is 10.1. The number of methoxy groups -OCH3 is 2. The van der Waals surface area contributed by atoms with Crippen LogP contribution >= 0.6 is 0 Å². The van der Waals surface area contributed by atoms with Crippen LogP contribution in [0, 0.1) is 0 Å². The number of carbonyl (C=O) groups is 1. The highest BCUT2D eigenvalue weighted by atomic mass is 32.2. The topological polar surface area (TPSA) is 79.4 Å². The number of rotatable bonds is 5. The van der Waals surface area contributed by atoms with E-state index in [1.165, 1.54) is 24.6 Å². The van der Waals surface area contributed by atoms with E-state index >= 15 is 0 Å². The second-order valence-corrected chi connectivity index (χ2v) is 9.72. The first-order valence-corrected chi connectivity index (χ1v) is 12.0. The van der Waals surface area contributed by atoms with E-state index in [0.29, 0.717) is 31.1 Å². The highest BCUT2D eigenvalue weighted by Crippen LogP contribution is 2.27. The van der Waals surface area contributed by atoms with Gasteiger partial charge in [-0.15, -0.1) is 0 Å². The van der Waals surface area contributed by atoms with Crippen molar-refractivity contribution in [1.82, 2.24) is 9.21 Å². The molecule has 1 aliphatic heterocycles. The Morgan fingerprint density at radius 3 is 2.53 bits per heavy atom. The normalized spacial score (nSPS) is 16.8. The molecule has 0 fully saturated rings. The summed E-state index contributed by atoms with van der Waals surface area (Å²) in [6.07, 6.45) is 0.767. The number of para-hydroxylation sites is 1. The molecule has 0 saturated carbocycles. The lowest BCUT2D eigenvalue weighted by Gasteiger charge is -2.27. The third kappa shape index (κ3) is 5.66. The van der Waals surface area contributed by atoms with E-state index < -0.39 is 10.0 Å². The summed E-state index contributed by atoms with van der Waals surface area (Å²) in [6.45, 7) is 2.31. The Balaban J connectivity index is 2.03. The fraction of sp³-hybridized carbons (Fsp3) is 0.435. The standard InChI is InChI=1S/C23H31N3O5S/c1-24-12-7-13-26(23(27)18-30-2)22-11-5-4-8-19(22)17-25(15-14-24)32(28,29)21-10-6-9-20(16-21)31-3/h4-6,8-11,16H,7,12-15,17-18H2,1-3H3. The van der Waals surface area contributed by atoms with Gasteiger partial charge in [0.15, 0.2) is 0 Å². The summed E-state index contributed by atoms with van der Waals surface area (Å²) in [4.78, 5) is 16.8. The van der Waals surface area contributed by atoms with E-state index in [2.05, 4.69) is 4.90 Å². The SMILES string of the molecule is COCC(=O)N1CCCN(C)CCN(S(=O)(=O)c2cccc(OC)c2)Cc2ccccc21. The number of ether oxygens (including phenoxy) is 2. The molecule has 0 atom stereocenters. The van der Waals surface area contributed by atoms with Gasteiger partial charge in [-0.3, -0.25) is 4.79 Å². The van der Waals surface area contributed by atoms with Crippen LogP contribution in [0.1, 0.15) is 12.0 Å². The summed E-state index contributed by atoms with van der Waals surface area (Å²) in [7, 11) is 1.17. The highest BCUT2D eigenvalue weighted by Gasteiger charge is 2.28. The molecule has 1 amide bonds. The Hall–Kier alpha value is -2.46. The zero-order valence-corrected chi connectivity index (χ0v) is 19.7. The van der Waals surface area contributed by atoms with E-state index in [1.807, 2.05) is 31.3 Å². The van der Waals surface area contributed by atoms with Crippen LogP contribution in [-0.2, 0) is 26.1 Å². The fourth-order valence-corrected chi connectivity index (χ4v) is 5.21. The predicted molar refractivity (Wildman–Crippen MR) is 123 cm³/mol. The van der Waals surface area contributed by atoms with E-state index in [1.54, 1.807) is 23.1 Å². The van der Waals surface area contributed by atoms with Gasteiger partial charge in [0.1, 0.15) is 12.4 Å². The zero-order chi connectivity index (χ0) is 23.1. The Labute approximate surface area is 190 Å². The van der Waals surface area contributed by atoms with Crippen molar-refractivity contribution < 1.29 is 22.7 Å². The van der Waals surface area contributed by atoms with Crippen LogP contribution in [0.15, 0.2) is 53.4 Å². The first kappa shape index (κ1) is 24.2. The molecule has 9 heteroatoms. The lowest BCUT2D eigenvalue weighted by Crippen LogP contribution is -2.37. The molecule has 32 heavy (non-hydrogen) atoms. The van der Waals surface area contributed by atoms with Crippen molar-refractivity contribution in [3.63, 3.8) is 0 Å². The predicted octanol–water partition coefficient (Wildman–Crippen LogP) is 2.20. The highest BCUT2D eigenvalue weighted by molar-refractivity contribution is 7.89. The number of nitrogens with zero attached hydrogens (tertiary/aromatic N) is 3. The summed E-state index contributed by atoms with van der Waals surface area (Å²) in [6, 6.07) is 14.0. The second-order valence-electron chi connectivity index (χ2n) is 7.78. The summed E-state index contributed by atoms with van der Waals surface area (Å²) in [5.41, 5.74) is 1.48. The average Bonchev–Trinajstić information content (AvgIpc) is 2.82. The molecule has 0 aromatic heterocycles. The quantitative estimate of drug-likeness (QED) is 0.679. The molecule has 0 radical (unpaired) electrons. The van der Waals surface area contributed by atoms with Gasteiger partial charge in [0.25, 0.3) is 5.91 Å². The van der Waals surface area contributed by atoms with Crippen molar-refractivity contribution in [3.8, 4) is 5.75 Å². The Morgan fingerprint density at radius 2 is 1.78 bits per heavy atom. The van der Waals surface area contributed by atoms with Gasteiger partial charge in [-0.25, -0.2) is 8.42 Å². The molecule has 0 bridgehead atoms. The van der Waals surface area contributed by atoms with Crippen molar-refractivity contribution in [2.75, 3.05) is 59.0 Å². The number of anilines is 1. The van der Waals surface area contributed by atoms with Crippen LogP contribution in [0.3, 0.4) is 0 Å². The molecule has 174 valence electrons. The third-order valence-electron chi connectivity index (χ3n) is 5.53. The molecule has 3 rings (SSSR count). The van der Waals surface area contributed by atoms with Gasteiger partial charge in [0.2, 0.25) is 10.0 Å².